The van der Waals surface area contributed by atoms with E-state index in [0.717, 1.165) is 25.6 Å². The van der Waals surface area contributed by atoms with Crippen molar-refractivity contribution in [3.63, 3.8) is 0 Å². The number of ether oxygens (including phenoxy) is 1. The van der Waals surface area contributed by atoms with Gasteiger partial charge in [-0.25, -0.2) is 0 Å². The second-order valence-corrected chi connectivity index (χ2v) is 6.52. The van der Waals surface area contributed by atoms with Crippen LogP contribution in [0.1, 0.15) is 31.2 Å². The van der Waals surface area contributed by atoms with E-state index in [1.807, 2.05) is 6.07 Å². The molecule has 1 saturated carbocycles. The SMILES string of the molecule is COC(=O)[C@@H]1CN(Cc2ccccc2)C[C@H]1C1CCCC1. The third-order valence-electron chi connectivity index (χ3n) is 5.20. The maximum atomic E-state index is 12.1. The van der Waals surface area contributed by atoms with Crippen molar-refractivity contribution < 1.29 is 9.53 Å². The van der Waals surface area contributed by atoms with E-state index in [1.165, 1.54) is 38.4 Å². The summed E-state index contributed by atoms with van der Waals surface area (Å²) >= 11 is 0. The highest BCUT2D eigenvalue weighted by Gasteiger charge is 2.42. The van der Waals surface area contributed by atoms with Crippen LogP contribution in [-0.2, 0) is 16.1 Å². The Morgan fingerprint density at radius 3 is 2.57 bits per heavy atom. The van der Waals surface area contributed by atoms with E-state index in [0.29, 0.717) is 5.92 Å². The van der Waals surface area contributed by atoms with Crippen LogP contribution in [0.3, 0.4) is 0 Å². The zero-order valence-electron chi connectivity index (χ0n) is 12.8. The average Bonchev–Trinajstić information content (AvgIpc) is 3.16. The number of rotatable bonds is 4. The molecule has 3 heteroatoms. The van der Waals surface area contributed by atoms with Gasteiger partial charge in [0.1, 0.15) is 0 Å². The molecule has 2 fully saturated rings. The highest BCUT2D eigenvalue weighted by molar-refractivity contribution is 5.73. The molecule has 21 heavy (non-hydrogen) atoms. The Balaban J connectivity index is 1.69. The molecule has 2 atom stereocenters. The Morgan fingerprint density at radius 2 is 1.90 bits per heavy atom. The fraction of sp³-hybridized carbons (Fsp3) is 0.611. The maximum absolute atomic E-state index is 12.1. The lowest BCUT2D eigenvalue weighted by molar-refractivity contribution is -0.146. The van der Waals surface area contributed by atoms with Gasteiger partial charge in [-0.05, 0) is 17.4 Å². The molecule has 114 valence electrons. The van der Waals surface area contributed by atoms with E-state index in [9.17, 15) is 4.79 Å². The van der Waals surface area contributed by atoms with Gasteiger partial charge in [0.15, 0.2) is 0 Å². The summed E-state index contributed by atoms with van der Waals surface area (Å²) in [4.78, 5) is 14.6. The molecule has 0 amide bonds. The fourth-order valence-corrected chi connectivity index (χ4v) is 4.15. The molecule has 1 aliphatic heterocycles. The number of methoxy groups -OCH3 is 1. The maximum Gasteiger partial charge on any atom is 0.310 e. The van der Waals surface area contributed by atoms with Gasteiger partial charge in [-0.2, -0.15) is 0 Å². The van der Waals surface area contributed by atoms with E-state index < -0.39 is 0 Å². The van der Waals surface area contributed by atoms with Crippen molar-refractivity contribution in [1.82, 2.24) is 4.90 Å². The van der Waals surface area contributed by atoms with Crippen molar-refractivity contribution in [1.29, 1.82) is 0 Å². The lowest BCUT2D eigenvalue weighted by atomic mass is 9.83. The third kappa shape index (κ3) is 3.29. The monoisotopic (exact) mass is 287 g/mol. The minimum atomic E-state index is -0.0116. The largest absolute Gasteiger partial charge is 0.469 e. The van der Waals surface area contributed by atoms with Crippen molar-refractivity contribution in [2.24, 2.45) is 17.8 Å². The van der Waals surface area contributed by atoms with Crippen LogP contribution in [0.25, 0.3) is 0 Å². The first kappa shape index (κ1) is 14.6. The van der Waals surface area contributed by atoms with Crippen molar-refractivity contribution in [3.8, 4) is 0 Å². The molecule has 0 radical (unpaired) electrons. The molecule has 1 aromatic carbocycles. The molecule has 0 bridgehead atoms. The molecule has 1 aliphatic carbocycles. The van der Waals surface area contributed by atoms with Gasteiger partial charge < -0.3 is 4.74 Å². The van der Waals surface area contributed by atoms with Crippen molar-refractivity contribution in [3.05, 3.63) is 35.9 Å². The van der Waals surface area contributed by atoms with Crippen LogP contribution in [0.2, 0.25) is 0 Å². The Bertz CT molecular complexity index is 467. The summed E-state index contributed by atoms with van der Waals surface area (Å²) in [5.41, 5.74) is 1.33. The van der Waals surface area contributed by atoms with Gasteiger partial charge in [-0.1, -0.05) is 56.0 Å². The third-order valence-corrected chi connectivity index (χ3v) is 5.20. The number of hydrogen-bond acceptors (Lipinski definition) is 3. The number of nitrogens with zero attached hydrogens (tertiary/aromatic N) is 1. The van der Waals surface area contributed by atoms with E-state index >= 15 is 0 Å². The Hall–Kier alpha value is -1.35. The molecule has 0 N–H and O–H groups in total. The van der Waals surface area contributed by atoms with Gasteiger partial charge >= 0.3 is 5.97 Å². The molecule has 1 heterocycles. The predicted octanol–water partition coefficient (Wildman–Crippen LogP) is 3.10. The summed E-state index contributed by atoms with van der Waals surface area (Å²) in [5, 5.41) is 0. The van der Waals surface area contributed by atoms with Crippen LogP contribution in [0.4, 0.5) is 0 Å². The van der Waals surface area contributed by atoms with Crippen LogP contribution < -0.4 is 0 Å². The van der Waals surface area contributed by atoms with Crippen LogP contribution in [0.15, 0.2) is 30.3 Å². The van der Waals surface area contributed by atoms with Gasteiger partial charge in [0, 0.05) is 19.6 Å². The van der Waals surface area contributed by atoms with Crippen molar-refractivity contribution >= 4 is 5.97 Å². The Morgan fingerprint density at radius 1 is 1.19 bits per heavy atom. The molecule has 0 aromatic heterocycles. The second-order valence-electron chi connectivity index (χ2n) is 6.52. The van der Waals surface area contributed by atoms with Gasteiger partial charge in [0.05, 0.1) is 13.0 Å². The van der Waals surface area contributed by atoms with Gasteiger partial charge in [-0.3, -0.25) is 9.69 Å². The molecular formula is C18H25NO2. The van der Waals surface area contributed by atoms with Crippen LogP contribution in [-0.4, -0.2) is 31.1 Å². The first-order chi connectivity index (χ1) is 10.3. The van der Waals surface area contributed by atoms with Gasteiger partial charge in [-0.15, -0.1) is 0 Å². The summed E-state index contributed by atoms with van der Waals surface area (Å²) in [6, 6.07) is 10.5. The summed E-state index contributed by atoms with van der Waals surface area (Å²) in [6.45, 7) is 2.83. The molecule has 3 rings (SSSR count). The Labute approximate surface area is 127 Å². The molecule has 1 aromatic rings. The number of likely N-dealkylation sites (tertiary alicyclic amines) is 1. The van der Waals surface area contributed by atoms with Crippen molar-refractivity contribution in [2.75, 3.05) is 20.2 Å². The van der Waals surface area contributed by atoms with Crippen LogP contribution in [0.5, 0.6) is 0 Å². The van der Waals surface area contributed by atoms with E-state index in [4.69, 9.17) is 4.74 Å². The lowest BCUT2D eigenvalue weighted by Gasteiger charge is -2.22. The highest BCUT2D eigenvalue weighted by Crippen LogP contribution is 2.40. The summed E-state index contributed by atoms with van der Waals surface area (Å²) in [7, 11) is 1.52. The molecule has 3 nitrogen and oxygen atoms in total. The molecule has 2 aliphatic rings. The minimum Gasteiger partial charge on any atom is -0.469 e. The number of hydrogen-bond donors (Lipinski definition) is 0. The Kier molecular flexibility index (Phi) is 4.59. The van der Waals surface area contributed by atoms with Crippen LogP contribution in [0, 0.1) is 17.8 Å². The number of benzene rings is 1. The molecule has 0 unspecified atom stereocenters. The summed E-state index contributed by atoms with van der Waals surface area (Å²) in [5.74, 6) is 1.27. The summed E-state index contributed by atoms with van der Waals surface area (Å²) < 4.78 is 5.06. The molecule has 0 spiro atoms. The van der Waals surface area contributed by atoms with E-state index in [-0.39, 0.29) is 11.9 Å². The lowest BCUT2D eigenvalue weighted by Crippen LogP contribution is -2.28. The zero-order valence-corrected chi connectivity index (χ0v) is 12.8. The number of carbonyl (C=O) groups excluding carboxylic acids is 1. The minimum absolute atomic E-state index is 0.0116. The fourth-order valence-electron chi connectivity index (χ4n) is 4.15. The summed E-state index contributed by atoms with van der Waals surface area (Å²) in [6.07, 6.45) is 5.23. The van der Waals surface area contributed by atoms with Crippen LogP contribution >= 0.6 is 0 Å². The quantitative estimate of drug-likeness (QED) is 0.797. The predicted molar refractivity (Wildman–Crippen MR) is 82.7 cm³/mol. The van der Waals surface area contributed by atoms with Crippen molar-refractivity contribution in [2.45, 2.75) is 32.2 Å². The normalized spacial score (nSPS) is 27.1. The standard InChI is InChI=1S/C18H25NO2/c1-21-18(20)17-13-19(11-14-7-3-2-4-8-14)12-16(17)15-9-5-6-10-15/h2-4,7-8,15-17H,5-6,9-13H2,1H3/t16-,17+/m0/s1. The zero-order chi connectivity index (χ0) is 14.7. The molecule has 1 saturated heterocycles. The van der Waals surface area contributed by atoms with E-state index in [2.05, 4.69) is 29.2 Å². The molecular weight excluding hydrogens is 262 g/mol. The van der Waals surface area contributed by atoms with E-state index in [1.54, 1.807) is 0 Å². The second kappa shape index (κ2) is 6.61. The first-order valence-corrected chi connectivity index (χ1v) is 8.12. The number of esters is 1. The smallest absolute Gasteiger partial charge is 0.310 e. The topological polar surface area (TPSA) is 29.5 Å². The van der Waals surface area contributed by atoms with Gasteiger partial charge in [0.25, 0.3) is 0 Å². The van der Waals surface area contributed by atoms with Gasteiger partial charge in [0.2, 0.25) is 0 Å². The average molecular weight is 287 g/mol. The first-order valence-electron chi connectivity index (χ1n) is 8.12. The number of carbonyl (C=O) groups is 1. The highest BCUT2D eigenvalue weighted by atomic mass is 16.5.